The molecule has 1 aromatic carbocycles. The molecule has 0 spiro atoms. The summed E-state index contributed by atoms with van der Waals surface area (Å²) in [5.41, 5.74) is 0.673. The normalized spacial score (nSPS) is 18.2. The number of nitrogens with one attached hydrogen (secondary N) is 2. The van der Waals surface area contributed by atoms with E-state index in [0.29, 0.717) is 47.8 Å². The minimum absolute atomic E-state index is 0.0388. The van der Waals surface area contributed by atoms with Gasteiger partial charge in [-0.25, -0.2) is 0 Å². The lowest BCUT2D eigenvalue weighted by molar-refractivity contribution is -0.115. The molecule has 3 rings (SSSR count). The summed E-state index contributed by atoms with van der Waals surface area (Å²) < 4.78 is 10.4. The maximum absolute atomic E-state index is 13.2. The summed E-state index contributed by atoms with van der Waals surface area (Å²) in [6, 6.07) is 7.75. The number of hydrogen-bond donors (Lipinski definition) is 2. The van der Waals surface area contributed by atoms with Gasteiger partial charge in [-0.2, -0.15) is 0 Å². The van der Waals surface area contributed by atoms with Crippen LogP contribution in [-0.2, 0) is 4.79 Å². The molecule has 1 aliphatic rings. The minimum Gasteiger partial charge on any atom is -0.465 e. The molecule has 2 heterocycles. The van der Waals surface area contributed by atoms with Gasteiger partial charge in [0.1, 0.15) is 0 Å². The Bertz CT molecular complexity index is 980. The quantitative estimate of drug-likeness (QED) is 0.652. The van der Waals surface area contributed by atoms with Crippen molar-refractivity contribution in [1.82, 2.24) is 10.2 Å². The molecule has 0 bridgehead atoms. The third-order valence-corrected chi connectivity index (χ3v) is 5.38. The van der Waals surface area contributed by atoms with Crippen LogP contribution in [0.1, 0.15) is 48.1 Å². The molecule has 2 N–H and O–H groups in total. The van der Waals surface area contributed by atoms with Crippen LogP contribution in [0.25, 0.3) is 0 Å². The van der Waals surface area contributed by atoms with E-state index in [9.17, 15) is 14.4 Å². The minimum atomic E-state index is -0.546. The van der Waals surface area contributed by atoms with E-state index in [2.05, 4.69) is 24.5 Å². The van der Waals surface area contributed by atoms with Crippen molar-refractivity contribution in [3.63, 3.8) is 0 Å². The Morgan fingerprint density at radius 3 is 2.56 bits per heavy atom. The summed E-state index contributed by atoms with van der Waals surface area (Å²) in [5.74, 6) is -0.129. The zero-order valence-corrected chi connectivity index (χ0v) is 19.2. The summed E-state index contributed by atoms with van der Waals surface area (Å²) in [6.07, 6.45) is 1.07. The predicted molar refractivity (Wildman–Crippen MR) is 121 cm³/mol. The molecule has 1 aromatic heterocycles. The van der Waals surface area contributed by atoms with Crippen LogP contribution in [0.4, 0.5) is 5.69 Å². The second-order valence-corrected chi connectivity index (χ2v) is 8.57. The van der Waals surface area contributed by atoms with Crippen molar-refractivity contribution in [2.75, 3.05) is 31.6 Å². The molecule has 2 atom stereocenters. The molecular formula is C23H28ClN3O5. The highest BCUT2D eigenvalue weighted by molar-refractivity contribution is 6.31. The van der Waals surface area contributed by atoms with Crippen molar-refractivity contribution in [3.05, 3.63) is 46.7 Å². The molecule has 0 unspecified atom stereocenters. The van der Waals surface area contributed by atoms with E-state index >= 15 is 0 Å². The number of piperidine rings is 1. The van der Waals surface area contributed by atoms with E-state index in [0.717, 1.165) is 6.42 Å². The van der Waals surface area contributed by atoms with Crippen LogP contribution in [0.2, 0.25) is 5.02 Å². The lowest BCUT2D eigenvalue weighted by Gasteiger charge is -2.35. The molecule has 9 heteroatoms. The maximum atomic E-state index is 13.2. The molecule has 1 aliphatic heterocycles. The number of carbonyl (C=O) groups is 3. The van der Waals surface area contributed by atoms with Crippen molar-refractivity contribution in [3.8, 4) is 5.95 Å². The molecule has 0 saturated carbocycles. The average Bonchev–Trinajstić information content (AvgIpc) is 3.21. The van der Waals surface area contributed by atoms with Gasteiger partial charge in [0.15, 0.2) is 5.76 Å². The fourth-order valence-corrected chi connectivity index (χ4v) is 4.08. The second-order valence-electron chi connectivity index (χ2n) is 8.13. The van der Waals surface area contributed by atoms with Gasteiger partial charge in [-0.1, -0.05) is 25.4 Å². The number of amides is 3. The molecule has 3 amide bonds. The fourth-order valence-electron chi connectivity index (χ4n) is 3.91. The van der Waals surface area contributed by atoms with Gasteiger partial charge in [-0.05, 0) is 49.4 Å². The number of rotatable bonds is 7. The monoisotopic (exact) mass is 461 g/mol. The molecule has 0 aliphatic carbocycles. The van der Waals surface area contributed by atoms with E-state index in [4.69, 9.17) is 20.8 Å². The van der Waals surface area contributed by atoms with Crippen molar-refractivity contribution < 1.29 is 23.5 Å². The van der Waals surface area contributed by atoms with Gasteiger partial charge in [0.05, 0.1) is 24.4 Å². The average molecular weight is 462 g/mol. The number of ether oxygens (including phenoxy) is 1. The first-order valence-corrected chi connectivity index (χ1v) is 11.0. The maximum Gasteiger partial charge on any atom is 0.287 e. The smallest absolute Gasteiger partial charge is 0.287 e. The lowest BCUT2D eigenvalue weighted by atomic mass is 9.91. The summed E-state index contributed by atoms with van der Waals surface area (Å²) in [5, 5.41) is 5.59. The predicted octanol–water partition coefficient (Wildman–Crippen LogP) is 3.82. The van der Waals surface area contributed by atoms with E-state index < -0.39 is 11.8 Å². The van der Waals surface area contributed by atoms with Gasteiger partial charge in [-0.3, -0.25) is 14.4 Å². The first-order valence-electron chi connectivity index (χ1n) is 10.7. The number of benzene rings is 1. The van der Waals surface area contributed by atoms with Gasteiger partial charge in [0, 0.05) is 24.2 Å². The molecule has 1 saturated heterocycles. The van der Waals surface area contributed by atoms with Crippen LogP contribution >= 0.6 is 11.6 Å². The number of hydrogen-bond acceptors (Lipinski definition) is 5. The topological polar surface area (TPSA) is 101 Å². The Kier molecular flexibility index (Phi) is 7.80. The van der Waals surface area contributed by atoms with Gasteiger partial charge in [-0.15, -0.1) is 0 Å². The molecule has 172 valence electrons. The van der Waals surface area contributed by atoms with Gasteiger partial charge in [0.2, 0.25) is 5.91 Å². The SMILES string of the molecule is CCOc1ccc(C(=O)NCC(=O)Nc2ccc(Cl)cc2C(=O)N2C[C@H](C)C[C@H](C)C2)o1. The Balaban J connectivity index is 1.64. The van der Waals surface area contributed by atoms with Gasteiger partial charge < -0.3 is 24.7 Å². The second kappa shape index (κ2) is 10.5. The first-order chi connectivity index (χ1) is 15.3. The van der Waals surface area contributed by atoms with E-state index in [1.54, 1.807) is 30.0 Å². The molecular weight excluding hydrogens is 434 g/mol. The fraction of sp³-hybridized carbons (Fsp3) is 0.435. The number of nitrogens with zero attached hydrogens (tertiary/aromatic N) is 1. The summed E-state index contributed by atoms with van der Waals surface area (Å²) in [6.45, 7) is 7.48. The molecule has 2 aromatic rings. The molecule has 8 nitrogen and oxygen atoms in total. The highest BCUT2D eigenvalue weighted by Crippen LogP contribution is 2.27. The number of furan rings is 1. The van der Waals surface area contributed by atoms with Gasteiger partial charge >= 0.3 is 0 Å². The third kappa shape index (κ3) is 6.03. The van der Waals surface area contributed by atoms with Crippen molar-refractivity contribution in [2.24, 2.45) is 11.8 Å². The number of carbonyl (C=O) groups excluding carboxylic acids is 3. The zero-order chi connectivity index (χ0) is 23.3. The zero-order valence-electron chi connectivity index (χ0n) is 18.4. The third-order valence-electron chi connectivity index (χ3n) is 5.14. The molecule has 0 radical (unpaired) electrons. The lowest BCUT2D eigenvalue weighted by Crippen LogP contribution is -2.43. The standard InChI is InChI=1S/C23H28ClN3O5/c1-4-31-21-8-7-19(32-21)22(29)25-11-20(28)26-18-6-5-16(24)10-17(18)23(30)27-12-14(2)9-15(3)13-27/h5-8,10,14-15H,4,9,11-13H2,1-3H3,(H,25,29)(H,26,28)/t14-,15+. The number of halogens is 1. The number of likely N-dealkylation sites (tertiary alicyclic amines) is 1. The Labute approximate surface area is 192 Å². The molecule has 1 fully saturated rings. The van der Waals surface area contributed by atoms with Crippen LogP contribution in [0.5, 0.6) is 5.95 Å². The first kappa shape index (κ1) is 23.7. The molecule has 32 heavy (non-hydrogen) atoms. The van der Waals surface area contributed by atoms with E-state index in [-0.39, 0.29) is 24.2 Å². The van der Waals surface area contributed by atoms with Crippen LogP contribution in [0, 0.1) is 11.8 Å². The van der Waals surface area contributed by atoms with Crippen molar-refractivity contribution in [2.45, 2.75) is 27.2 Å². The van der Waals surface area contributed by atoms with E-state index in [1.807, 2.05) is 0 Å². The van der Waals surface area contributed by atoms with Crippen LogP contribution in [-0.4, -0.2) is 48.9 Å². The Morgan fingerprint density at radius 1 is 1.16 bits per heavy atom. The summed E-state index contributed by atoms with van der Waals surface area (Å²) in [7, 11) is 0. The largest absolute Gasteiger partial charge is 0.465 e. The van der Waals surface area contributed by atoms with Crippen LogP contribution in [0.3, 0.4) is 0 Å². The van der Waals surface area contributed by atoms with Crippen LogP contribution in [0.15, 0.2) is 34.7 Å². The Hall–Kier alpha value is -3.00. The number of anilines is 1. The van der Waals surface area contributed by atoms with E-state index in [1.165, 1.54) is 12.1 Å². The highest BCUT2D eigenvalue weighted by atomic mass is 35.5. The van der Waals surface area contributed by atoms with Gasteiger partial charge in [0.25, 0.3) is 17.8 Å². The summed E-state index contributed by atoms with van der Waals surface area (Å²) >= 11 is 6.13. The Morgan fingerprint density at radius 2 is 1.88 bits per heavy atom. The van der Waals surface area contributed by atoms with Crippen LogP contribution < -0.4 is 15.4 Å². The summed E-state index contributed by atoms with van der Waals surface area (Å²) in [4.78, 5) is 39.6. The van der Waals surface area contributed by atoms with Crippen molar-refractivity contribution in [1.29, 1.82) is 0 Å². The highest BCUT2D eigenvalue weighted by Gasteiger charge is 2.28. The van der Waals surface area contributed by atoms with Crippen molar-refractivity contribution >= 4 is 35.0 Å².